The monoisotopic (exact) mass is 248 g/mol. The molecule has 0 spiro atoms. The van der Waals surface area contributed by atoms with Crippen LogP contribution in [0.25, 0.3) is 5.57 Å². The minimum Gasteiger partial charge on any atom is -0.478 e. The summed E-state index contributed by atoms with van der Waals surface area (Å²) >= 11 is 0. The molecule has 0 bridgehead atoms. The van der Waals surface area contributed by atoms with Crippen molar-refractivity contribution in [2.24, 2.45) is 0 Å². The maximum Gasteiger partial charge on any atom is 0.336 e. The zero-order chi connectivity index (χ0) is 13.7. The van der Waals surface area contributed by atoms with Crippen LogP contribution in [0.15, 0.2) is 35.9 Å². The molecule has 0 amide bonds. The number of benzene rings is 1. The van der Waals surface area contributed by atoms with E-state index in [9.17, 15) is 14.4 Å². The van der Waals surface area contributed by atoms with Gasteiger partial charge in [0.1, 0.15) is 5.78 Å². The number of carbonyl (C=O) groups excluding carboxylic acids is 1. The average molecular weight is 248 g/mol. The van der Waals surface area contributed by atoms with Crippen molar-refractivity contribution in [2.75, 3.05) is 0 Å². The number of carboxylic acids is 2. The van der Waals surface area contributed by atoms with Gasteiger partial charge < -0.3 is 10.2 Å². The number of rotatable bonds is 5. The van der Waals surface area contributed by atoms with Crippen LogP contribution >= 0.6 is 0 Å². The Bertz CT molecular complexity index is 513. The summed E-state index contributed by atoms with van der Waals surface area (Å²) in [5.41, 5.74) is -0.483. The second kappa shape index (κ2) is 5.77. The van der Waals surface area contributed by atoms with Crippen molar-refractivity contribution in [1.29, 1.82) is 0 Å². The van der Waals surface area contributed by atoms with Crippen LogP contribution in [0.3, 0.4) is 0 Å². The first-order valence-corrected chi connectivity index (χ1v) is 5.18. The fraction of sp³-hybridized carbons (Fsp3) is 0.154. The van der Waals surface area contributed by atoms with Gasteiger partial charge in [-0.05, 0) is 12.5 Å². The molecule has 5 nitrogen and oxygen atoms in total. The fourth-order valence-electron chi connectivity index (χ4n) is 1.55. The molecule has 0 fully saturated rings. The number of aliphatic carboxylic acids is 2. The molecule has 1 aromatic rings. The molecule has 0 aromatic heterocycles. The zero-order valence-electron chi connectivity index (χ0n) is 9.71. The molecule has 0 saturated heterocycles. The van der Waals surface area contributed by atoms with Gasteiger partial charge in [-0.2, -0.15) is 0 Å². The second-order valence-electron chi connectivity index (χ2n) is 3.71. The molecule has 1 aromatic carbocycles. The molecule has 0 heterocycles. The molecule has 0 aliphatic carbocycles. The Morgan fingerprint density at radius 2 is 1.56 bits per heavy atom. The largest absolute Gasteiger partial charge is 0.478 e. The Hall–Kier alpha value is -2.43. The molecular formula is C13H12O5. The molecule has 18 heavy (non-hydrogen) atoms. The van der Waals surface area contributed by atoms with E-state index < -0.39 is 29.7 Å². The predicted octanol–water partition coefficient (Wildman–Crippen LogP) is 1.59. The van der Waals surface area contributed by atoms with E-state index in [1.54, 1.807) is 18.2 Å². The van der Waals surface area contributed by atoms with Crippen LogP contribution in [-0.2, 0) is 14.4 Å². The number of hydrogen-bond acceptors (Lipinski definition) is 3. The lowest BCUT2D eigenvalue weighted by molar-refractivity contribution is -0.135. The summed E-state index contributed by atoms with van der Waals surface area (Å²) in [5.74, 6) is -3.16. The Morgan fingerprint density at radius 1 is 1.00 bits per heavy atom. The van der Waals surface area contributed by atoms with Gasteiger partial charge in [0.2, 0.25) is 0 Å². The molecule has 1 rings (SSSR count). The van der Waals surface area contributed by atoms with Crippen molar-refractivity contribution in [1.82, 2.24) is 0 Å². The summed E-state index contributed by atoms with van der Waals surface area (Å²) in [5, 5.41) is 18.2. The summed E-state index contributed by atoms with van der Waals surface area (Å²) in [6.07, 6.45) is -0.411. The van der Waals surface area contributed by atoms with Crippen LogP contribution < -0.4 is 0 Å². The molecule has 5 heteroatoms. The van der Waals surface area contributed by atoms with E-state index >= 15 is 0 Å². The van der Waals surface area contributed by atoms with Gasteiger partial charge in [0, 0.05) is 6.42 Å². The van der Waals surface area contributed by atoms with Crippen LogP contribution in [0.5, 0.6) is 0 Å². The highest BCUT2D eigenvalue weighted by Gasteiger charge is 2.22. The first-order valence-electron chi connectivity index (χ1n) is 5.18. The number of hydrogen-bond donors (Lipinski definition) is 2. The average Bonchev–Trinajstić information content (AvgIpc) is 2.28. The molecule has 0 aliphatic heterocycles. The number of carboxylic acid groups (broad SMARTS) is 2. The third kappa shape index (κ3) is 3.28. The Kier molecular flexibility index (Phi) is 4.37. The summed E-state index contributed by atoms with van der Waals surface area (Å²) < 4.78 is 0. The summed E-state index contributed by atoms with van der Waals surface area (Å²) in [6.45, 7) is 1.22. The highest BCUT2D eigenvalue weighted by Crippen LogP contribution is 2.21. The van der Waals surface area contributed by atoms with Crippen LogP contribution in [0, 0.1) is 0 Å². The van der Waals surface area contributed by atoms with Crippen molar-refractivity contribution in [3.8, 4) is 0 Å². The summed E-state index contributed by atoms with van der Waals surface area (Å²) in [7, 11) is 0. The Morgan fingerprint density at radius 3 is 1.94 bits per heavy atom. The van der Waals surface area contributed by atoms with Gasteiger partial charge in [-0.15, -0.1) is 0 Å². The SMILES string of the molecule is CC(=O)C/C(C(=O)O)=C(\C(=O)O)c1ccccc1. The third-order valence-corrected chi connectivity index (χ3v) is 2.26. The van der Waals surface area contributed by atoms with Crippen LogP contribution in [-0.4, -0.2) is 27.9 Å². The predicted molar refractivity (Wildman–Crippen MR) is 63.9 cm³/mol. The number of ketones is 1. The molecule has 0 saturated carbocycles. The van der Waals surface area contributed by atoms with E-state index in [1.807, 2.05) is 0 Å². The van der Waals surface area contributed by atoms with Gasteiger partial charge >= 0.3 is 11.9 Å². The molecular weight excluding hydrogens is 236 g/mol. The molecule has 0 aliphatic rings. The fourth-order valence-corrected chi connectivity index (χ4v) is 1.55. The minimum absolute atomic E-state index is 0.267. The lowest BCUT2D eigenvalue weighted by Gasteiger charge is -2.07. The lowest BCUT2D eigenvalue weighted by Crippen LogP contribution is -2.13. The van der Waals surface area contributed by atoms with Crippen LogP contribution in [0.2, 0.25) is 0 Å². The molecule has 2 N–H and O–H groups in total. The molecule has 0 atom stereocenters. The molecule has 0 radical (unpaired) electrons. The minimum atomic E-state index is -1.40. The van der Waals surface area contributed by atoms with E-state index in [0.29, 0.717) is 0 Å². The maximum atomic E-state index is 11.2. The van der Waals surface area contributed by atoms with Gasteiger partial charge in [0.25, 0.3) is 0 Å². The number of carbonyl (C=O) groups is 3. The van der Waals surface area contributed by atoms with Crippen molar-refractivity contribution in [3.05, 3.63) is 41.5 Å². The number of Topliss-reactive ketones (excluding diaryl/α,β-unsaturated/α-hetero) is 1. The van der Waals surface area contributed by atoms with Crippen molar-refractivity contribution < 1.29 is 24.6 Å². The topological polar surface area (TPSA) is 91.7 Å². The van der Waals surface area contributed by atoms with Gasteiger partial charge in [-0.3, -0.25) is 4.79 Å². The Labute approximate surface area is 103 Å². The van der Waals surface area contributed by atoms with Crippen LogP contribution in [0.4, 0.5) is 0 Å². The van der Waals surface area contributed by atoms with Crippen molar-refractivity contribution in [3.63, 3.8) is 0 Å². The third-order valence-electron chi connectivity index (χ3n) is 2.26. The van der Waals surface area contributed by atoms with E-state index in [4.69, 9.17) is 10.2 Å². The second-order valence-corrected chi connectivity index (χ2v) is 3.71. The standard InChI is InChI=1S/C13H12O5/c1-8(14)7-10(12(15)16)11(13(17)18)9-5-3-2-4-6-9/h2-6H,7H2,1H3,(H,15,16)(H,17,18)/b11-10+. The maximum absolute atomic E-state index is 11.2. The van der Waals surface area contributed by atoms with E-state index in [0.717, 1.165) is 0 Å². The van der Waals surface area contributed by atoms with Crippen LogP contribution in [0.1, 0.15) is 18.9 Å². The highest BCUT2D eigenvalue weighted by atomic mass is 16.4. The first kappa shape index (κ1) is 13.6. The van der Waals surface area contributed by atoms with Crippen molar-refractivity contribution >= 4 is 23.3 Å². The molecule has 94 valence electrons. The van der Waals surface area contributed by atoms with Gasteiger partial charge in [-0.1, -0.05) is 30.3 Å². The van der Waals surface area contributed by atoms with E-state index in [-0.39, 0.29) is 11.1 Å². The summed E-state index contributed by atoms with van der Waals surface area (Å²) in [6, 6.07) is 7.88. The van der Waals surface area contributed by atoms with Gasteiger partial charge in [-0.25, -0.2) is 9.59 Å². The smallest absolute Gasteiger partial charge is 0.336 e. The van der Waals surface area contributed by atoms with Gasteiger partial charge in [0.15, 0.2) is 0 Å². The van der Waals surface area contributed by atoms with E-state index in [1.165, 1.54) is 19.1 Å². The van der Waals surface area contributed by atoms with E-state index in [2.05, 4.69) is 0 Å². The highest BCUT2D eigenvalue weighted by molar-refractivity contribution is 6.22. The molecule has 0 unspecified atom stereocenters. The quantitative estimate of drug-likeness (QED) is 0.772. The zero-order valence-corrected chi connectivity index (χ0v) is 9.71. The first-order chi connectivity index (χ1) is 8.43. The summed E-state index contributed by atoms with van der Waals surface area (Å²) in [4.78, 5) is 33.3. The normalized spacial score (nSPS) is 11.6. The van der Waals surface area contributed by atoms with Crippen molar-refractivity contribution in [2.45, 2.75) is 13.3 Å². The van der Waals surface area contributed by atoms with Gasteiger partial charge in [0.05, 0.1) is 11.1 Å². The lowest BCUT2D eigenvalue weighted by atomic mass is 9.96. The Balaban J connectivity index is 3.43.